The summed E-state index contributed by atoms with van der Waals surface area (Å²) in [6, 6.07) is 4.10. The Hall–Kier alpha value is -1.17. The molecule has 0 N–H and O–H groups in total. The van der Waals surface area contributed by atoms with E-state index in [0.717, 1.165) is 19.3 Å². The molecule has 4 nitrogen and oxygen atoms in total. The van der Waals surface area contributed by atoms with Crippen LogP contribution in [0.25, 0.3) is 0 Å². The monoisotopic (exact) mass is 341 g/mol. The van der Waals surface area contributed by atoms with Gasteiger partial charge in [0.1, 0.15) is 5.82 Å². The molecule has 3 rings (SSSR count). The van der Waals surface area contributed by atoms with Crippen molar-refractivity contribution in [3.63, 3.8) is 0 Å². The average molecular weight is 342 g/mol. The van der Waals surface area contributed by atoms with Crippen molar-refractivity contribution in [3.8, 4) is 0 Å². The van der Waals surface area contributed by atoms with Gasteiger partial charge in [-0.25, -0.2) is 4.39 Å². The van der Waals surface area contributed by atoms with Crippen LogP contribution in [-0.2, 0) is 9.47 Å². The molecule has 1 spiro atoms. The second-order valence-electron chi connectivity index (χ2n) is 6.20. The highest BCUT2D eigenvalue weighted by Crippen LogP contribution is 2.37. The Balaban J connectivity index is 1.60. The molecule has 0 unspecified atom stereocenters. The molecule has 0 aliphatic carbocycles. The van der Waals surface area contributed by atoms with Crippen molar-refractivity contribution in [3.05, 3.63) is 34.6 Å². The van der Waals surface area contributed by atoms with Crippen molar-refractivity contribution in [2.45, 2.75) is 37.9 Å². The maximum Gasteiger partial charge on any atom is 0.253 e. The van der Waals surface area contributed by atoms with Gasteiger partial charge in [-0.05, 0) is 38.0 Å². The fourth-order valence-electron chi connectivity index (χ4n) is 3.42. The lowest BCUT2D eigenvalue weighted by molar-refractivity contribution is -0.0407. The van der Waals surface area contributed by atoms with Gasteiger partial charge in [-0.2, -0.15) is 0 Å². The van der Waals surface area contributed by atoms with E-state index in [1.54, 1.807) is 4.90 Å². The molecule has 23 heavy (non-hydrogen) atoms. The van der Waals surface area contributed by atoms with Crippen molar-refractivity contribution < 1.29 is 18.7 Å². The topological polar surface area (TPSA) is 38.8 Å². The molecular formula is C17H21ClFNO3. The maximum atomic E-state index is 13.2. The Labute approximate surface area is 140 Å². The molecule has 1 atom stereocenters. The van der Waals surface area contributed by atoms with Crippen LogP contribution in [0.15, 0.2) is 18.2 Å². The third kappa shape index (κ3) is 3.52. The lowest BCUT2D eigenvalue weighted by atomic mass is 9.87. The molecule has 0 bridgehead atoms. The SMILES string of the molecule is CCO[C@H]1COC2(CCN(C(=O)c3ccc(F)c(Cl)c3)CC2)C1. The summed E-state index contributed by atoms with van der Waals surface area (Å²) in [6.07, 6.45) is 2.66. The van der Waals surface area contributed by atoms with Crippen LogP contribution < -0.4 is 0 Å². The molecule has 2 aliphatic rings. The molecule has 1 amide bonds. The number of hydrogen-bond acceptors (Lipinski definition) is 3. The maximum absolute atomic E-state index is 13.2. The van der Waals surface area contributed by atoms with Crippen LogP contribution in [0.4, 0.5) is 4.39 Å². The summed E-state index contributed by atoms with van der Waals surface area (Å²) >= 11 is 5.76. The number of amides is 1. The molecule has 1 aromatic rings. The fraction of sp³-hybridized carbons (Fsp3) is 0.588. The first kappa shape index (κ1) is 16.7. The van der Waals surface area contributed by atoms with Gasteiger partial charge in [0.2, 0.25) is 0 Å². The van der Waals surface area contributed by atoms with E-state index in [2.05, 4.69) is 0 Å². The number of halogens is 2. The minimum absolute atomic E-state index is 0.0250. The summed E-state index contributed by atoms with van der Waals surface area (Å²) in [6.45, 7) is 4.58. The zero-order chi connectivity index (χ0) is 16.4. The van der Waals surface area contributed by atoms with E-state index in [1.165, 1.54) is 18.2 Å². The normalized spacial score (nSPS) is 23.4. The molecule has 0 aromatic heterocycles. The Morgan fingerprint density at radius 1 is 1.48 bits per heavy atom. The highest BCUT2D eigenvalue weighted by atomic mass is 35.5. The van der Waals surface area contributed by atoms with Crippen molar-refractivity contribution in [1.82, 2.24) is 4.90 Å². The Kier molecular flexibility index (Phi) is 4.90. The standard InChI is InChI=1S/C17H21ClFNO3/c1-2-22-13-10-17(23-11-13)5-7-20(8-6-17)16(21)12-3-4-15(19)14(18)9-12/h3-4,9,13H,2,5-8,10-11H2,1H3/t13-/m1/s1. The number of carbonyl (C=O) groups is 1. The molecule has 0 radical (unpaired) electrons. The Morgan fingerprint density at radius 2 is 2.22 bits per heavy atom. The second-order valence-corrected chi connectivity index (χ2v) is 6.60. The van der Waals surface area contributed by atoms with Crippen LogP contribution in [0.5, 0.6) is 0 Å². The molecule has 2 aliphatic heterocycles. The van der Waals surface area contributed by atoms with Gasteiger partial charge >= 0.3 is 0 Å². The number of benzene rings is 1. The summed E-state index contributed by atoms with van der Waals surface area (Å²) in [7, 11) is 0. The second kappa shape index (κ2) is 6.75. The minimum atomic E-state index is -0.512. The largest absolute Gasteiger partial charge is 0.376 e. The summed E-state index contributed by atoms with van der Waals surface area (Å²) in [4.78, 5) is 14.3. The average Bonchev–Trinajstić information content (AvgIpc) is 2.93. The first-order chi connectivity index (χ1) is 11.0. The van der Waals surface area contributed by atoms with E-state index >= 15 is 0 Å². The van der Waals surface area contributed by atoms with Crippen LogP contribution in [0, 0.1) is 5.82 Å². The molecule has 1 aromatic carbocycles. The van der Waals surface area contributed by atoms with E-state index in [-0.39, 0.29) is 22.6 Å². The highest BCUT2D eigenvalue weighted by Gasteiger charge is 2.43. The van der Waals surface area contributed by atoms with Gasteiger partial charge in [0, 0.05) is 31.7 Å². The highest BCUT2D eigenvalue weighted by molar-refractivity contribution is 6.31. The van der Waals surface area contributed by atoms with Gasteiger partial charge < -0.3 is 14.4 Å². The van der Waals surface area contributed by atoms with Crippen LogP contribution in [0.2, 0.25) is 5.02 Å². The molecule has 126 valence electrons. The smallest absolute Gasteiger partial charge is 0.253 e. The number of carbonyl (C=O) groups excluding carboxylic acids is 1. The number of hydrogen-bond donors (Lipinski definition) is 0. The van der Waals surface area contributed by atoms with Crippen LogP contribution in [0.3, 0.4) is 0 Å². The van der Waals surface area contributed by atoms with Crippen LogP contribution in [-0.4, -0.2) is 48.8 Å². The molecular weight excluding hydrogens is 321 g/mol. The lowest BCUT2D eigenvalue weighted by Gasteiger charge is -2.38. The number of nitrogens with zero attached hydrogens (tertiary/aromatic N) is 1. The molecule has 2 saturated heterocycles. The summed E-state index contributed by atoms with van der Waals surface area (Å²) in [5.41, 5.74) is 0.267. The number of rotatable bonds is 3. The Morgan fingerprint density at radius 3 is 2.87 bits per heavy atom. The Bertz CT molecular complexity index is 587. The number of likely N-dealkylation sites (tertiary alicyclic amines) is 1. The lowest BCUT2D eigenvalue weighted by Crippen LogP contribution is -2.46. The van der Waals surface area contributed by atoms with Gasteiger partial charge in [0.25, 0.3) is 5.91 Å². The van der Waals surface area contributed by atoms with Crippen molar-refractivity contribution >= 4 is 17.5 Å². The van der Waals surface area contributed by atoms with E-state index in [9.17, 15) is 9.18 Å². The summed E-state index contributed by atoms with van der Waals surface area (Å²) in [5.74, 6) is -0.622. The van der Waals surface area contributed by atoms with E-state index in [4.69, 9.17) is 21.1 Å². The van der Waals surface area contributed by atoms with Gasteiger partial charge in [-0.3, -0.25) is 4.79 Å². The number of piperidine rings is 1. The van der Waals surface area contributed by atoms with Crippen molar-refractivity contribution in [1.29, 1.82) is 0 Å². The summed E-state index contributed by atoms with van der Waals surface area (Å²) < 4.78 is 24.8. The quantitative estimate of drug-likeness (QED) is 0.847. The van der Waals surface area contributed by atoms with Gasteiger partial charge in [-0.1, -0.05) is 11.6 Å². The third-order valence-corrected chi connectivity index (χ3v) is 5.00. The fourth-order valence-corrected chi connectivity index (χ4v) is 3.60. The molecule has 0 saturated carbocycles. The predicted octanol–water partition coefficient (Wildman–Crippen LogP) is 3.28. The molecule has 2 heterocycles. The van der Waals surface area contributed by atoms with Gasteiger partial charge in [-0.15, -0.1) is 0 Å². The van der Waals surface area contributed by atoms with Gasteiger partial charge in [0.05, 0.1) is 23.3 Å². The van der Waals surface area contributed by atoms with Gasteiger partial charge in [0.15, 0.2) is 0 Å². The third-order valence-electron chi connectivity index (χ3n) is 4.71. The first-order valence-electron chi connectivity index (χ1n) is 8.03. The van der Waals surface area contributed by atoms with Crippen molar-refractivity contribution in [2.24, 2.45) is 0 Å². The van der Waals surface area contributed by atoms with Crippen LogP contribution in [0.1, 0.15) is 36.5 Å². The minimum Gasteiger partial charge on any atom is -0.376 e. The van der Waals surface area contributed by atoms with E-state index in [1.807, 2.05) is 6.92 Å². The predicted molar refractivity (Wildman–Crippen MR) is 85.3 cm³/mol. The van der Waals surface area contributed by atoms with Crippen LogP contribution >= 0.6 is 11.6 Å². The van der Waals surface area contributed by atoms with E-state index < -0.39 is 5.82 Å². The molecule has 2 fully saturated rings. The zero-order valence-corrected chi connectivity index (χ0v) is 13.9. The van der Waals surface area contributed by atoms with Crippen molar-refractivity contribution in [2.75, 3.05) is 26.3 Å². The molecule has 6 heteroatoms. The first-order valence-corrected chi connectivity index (χ1v) is 8.41. The number of ether oxygens (including phenoxy) is 2. The van der Waals surface area contributed by atoms with E-state index in [0.29, 0.717) is 31.9 Å². The zero-order valence-electron chi connectivity index (χ0n) is 13.2. The summed E-state index contributed by atoms with van der Waals surface area (Å²) in [5, 5.41) is -0.0250.